The number of rotatable bonds is 6. The Morgan fingerprint density at radius 2 is 2.12 bits per heavy atom. The zero-order valence-corrected chi connectivity index (χ0v) is 13.5. The fourth-order valence-corrected chi connectivity index (χ4v) is 3.44. The van der Waals surface area contributed by atoms with Gasteiger partial charge in [-0.05, 0) is 48.9 Å². The summed E-state index contributed by atoms with van der Waals surface area (Å²) in [6.07, 6.45) is 6.71. The summed E-state index contributed by atoms with van der Waals surface area (Å²) in [5.74, 6) is -0.587. The van der Waals surface area contributed by atoms with E-state index in [0.717, 1.165) is 25.7 Å². The maximum Gasteiger partial charge on any atom is 0.271 e. The number of aromatic nitrogens is 2. The first-order valence-corrected chi connectivity index (χ1v) is 8.33. The highest BCUT2D eigenvalue weighted by Crippen LogP contribution is 2.40. The molecule has 0 aliphatic heterocycles. The maximum absolute atomic E-state index is 13.3. The van der Waals surface area contributed by atoms with E-state index >= 15 is 0 Å². The van der Waals surface area contributed by atoms with Crippen molar-refractivity contribution in [1.82, 2.24) is 15.1 Å². The SMILES string of the molecule is O=C(NCC1(CCO)CCCC1)c1ccn(-c2cccc(F)c2)n1. The standard InChI is InChI=1S/C18H22FN3O2/c19-14-4-3-5-15(12-14)22-10-6-16(21-22)17(24)20-13-18(9-11-23)7-1-2-8-18/h3-6,10,12,23H,1-2,7-9,11,13H2,(H,20,24). The van der Waals surface area contributed by atoms with Crippen LogP contribution in [0.5, 0.6) is 0 Å². The van der Waals surface area contributed by atoms with Crippen molar-refractivity contribution in [2.75, 3.05) is 13.2 Å². The van der Waals surface area contributed by atoms with E-state index in [1.54, 1.807) is 24.4 Å². The predicted molar refractivity (Wildman–Crippen MR) is 88.5 cm³/mol. The molecule has 0 radical (unpaired) electrons. The van der Waals surface area contributed by atoms with Crippen LogP contribution in [0.4, 0.5) is 4.39 Å². The number of amides is 1. The number of hydrogen-bond donors (Lipinski definition) is 2. The van der Waals surface area contributed by atoms with Gasteiger partial charge in [-0.1, -0.05) is 18.9 Å². The van der Waals surface area contributed by atoms with Gasteiger partial charge in [0.1, 0.15) is 5.82 Å². The summed E-state index contributed by atoms with van der Waals surface area (Å²) < 4.78 is 14.8. The molecular formula is C18H22FN3O2. The van der Waals surface area contributed by atoms with Crippen molar-refractivity contribution in [3.8, 4) is 5.69 Å². The Kier molecular flexibility index (Phi) is 4.94. The van der Waals surface area contributed by atoms with Gasteiger partial charge in [-0.3, -0.25) is 4.79 Å². The molecule has 6 heteroatoms. The van der Waals surface area contributed by atoms with E-state index < -0.39 is 0 Å². The van der Waals surface area contributed by atoms with Crippen molar-refractivity contribution in [2.24, 2.45) is 5.41 Å². The molecule has 0 bridgehead atoms. The van der Waals surface area contributed by atoms with E-state index in [-0.39, 0.29) is 23.7 Å². The molecule has 1 aliphatic rings. The second-order valence-electron chi connectivity index (χ2n) is 6.49. The highest BCUT2D eigenvalue weighted by molar-refractivity contribution is 5.92. The Hall–Kier alpha value is -2.21. The Morgan fingerprint density at radius 3 is 2.83 bits per heavy atom. The first-order valence-electron chi connectivity index (χ1n) is 8.33. The summed E-state index contributed by atoms with van der Waals surface area (Å²) in [5, 5.41) is 16.4. The Labute approximate surface area is 140 Å². The smallest absolute Gasteiger partial charge is 0.271 e. The van der Waals surface area contributed by atoms with Crippen molar-refractivity contribution >= 4 is 5.91 Å². The molecule has 1 heterocycles. The normalized spacial score (nSPS) is 16.2. The zero-order valence-electron chi connectivity index (χ0n) is 13.5. The Balaban J connectivity index is 1.65. The topological polar surface area (TPSA) is 67.2 Å². The van der Waals surface area contributed by atoms with Gasteiger partial charge in [0.2, 0.25) is 0 Å². The van der Waals surface area contributed by atoms with E-state index in [2.05, 4.69) is 10.4 Å². The molecule has 0 unspecified atom stereocenters. The van der Waals surface area contributed by atoms with Gasteiger partial charge in [0.15, 0.2) is 5.69 Å². The van der Waals surface area contributed by atoms with Crippen LogP contribution in [-0.4, -0.2) is 33.9 Å². The summed E-state index contributed by atoms with van der Waals surface area (Å²) in [7, 11) is 0. The van der Waals surface area contributed by atoms with E-state index in [4.69, 9.17) is 0 Å². The molecule has 1 aliphatic carbocycles. The molecular weight excluding hydrogens is 309 g/mol. The lowest BCUT2D eigenvalue weighted by molar-refractivity contribution is 0.0911. The number of carbonyl (C=O) groups is 1. The highest BCUT2D eigenvalue weighted by Gasteiger charge is 2.33. The summed E-state index contributed by atoms with van der Waals surface area (Å²) >= 11 is 0. The molecule has 0 spiro atoms. The van der Waals surface area contributed by atoms with E-state index in [9.17, 15) is 14.3 Å². The van der Waals surface area contributed by atoms with Crippen molar-refractivity contribution in [3.63, 3.8) is 0 Å². The molecule has 3 rings (SSSR count). The van der Waals surface area contributed by atoms with E-state index in [1.807, 2.05) is 0 Å². The minimum Gasteiger partial charge on any atom is -0.396 e. The molecule has 0 saturated heterocycles. The van der Waals surface area contributed by atoms with Crippen LogP contribution in [0.2, 0.25) is 0 Å². The number of aliphatic hydroxyl groups is 1. The van der Waals surface area contributed by atoms with Crippen LogP contribution < -0.4 is 5.32 Å². The first-order chi connectivity index (χ1) is 11.6. The number of halogens is 1. The monoisotopic (exact) mass is 331 g/mol. The Bertz CT molecular complexity index is 708. The number of nitrogens with zero attached hydrogens (tertiary/aromatic N) is 2. The molecule has 1 amide bonds. The van der Waals surface area contributed by atoms with Crippen LogP contribution in [0.1, 0.15) is 42.6 Å². The van der Waals surface area contributed by atoms with Gasteiger partial charge >= 0.3 is 0 Å². The second kappa shape index (κ2) is 7.13. The Morgan fingerprint density at radius 1 is 1.33 bits per heavy atom. The zero-order chi connectivity index (χ0) is 17.0. The van der Waals surface area contributed by atoms with Gasteiger partial charge in [0, 0.05) is 19.3 Å². The largest absolute Gasteiger partial charge is 0.396 e. The molecule has 1 aromatic heterocycles. The summed E-state index contributed by atoms with van der Waals surface area (Å²) in [6, 6.07) is 7.68. The van der Waals surface area contributed by atoms with Gasteiger partial charge < -0.3 is 10.4 Å². The molecule has 1 aromatic carbocycles. The lowest BCUT2D eigenvalue weighted by Crippen LogP contribution is -2.36. The molecule has 128 valence electrons. The van der Waals surface area contributed by atoms with E-state index in [0.29, 0.717) is 24.3 Å². The van der Waals surface area contributed by atoms with Gasteiger partial charge in [0.05, 0.1) is 5.69 Å². The lowest BCUT2D eigenvalue weighted by Gasteiger charge is -2.28. The number of nitrogens with one attached hydrogen (secondary N) is 1. The lowest BCUT2D eigenvalue weighted by atomic mass is 9.83. The number of aliphatic hydroxyl groups excluding tert-OH is 1. The van der Waals surface area contributed by atoms with Crippen LogP contribution in [0.15, 0.2) is 36.5 Å². The van der Waals surface area contributed by atoms with Crippen LogP contribution in [0.3, 0.4) is 0 Å². The predicted octanol–water partition coefficient (Wildman–Crippen LogP) is 2.68. The average Bonchev–Trinajstić information content (AvgIpc) is 3.23. The van der Waals surface area contributed by atoms with Crippen LogP contribution in [-0.2, 0) is 0 Å². The maximum atomic E-state index is 13.3. The summed E-state index contributed by atoms with van der Waals surface area (Å²) in [6.45, 7) is 0.698. The van der Waals surface area contributed by atoms with Crippen LogP contribution in [0.25, 0.3) is 5.69 Å². The molecule has 5 nitrogen and oxygen atoms in total. The van der Waals surface area contributed by atoms with Crippen molar-refractivity contribution in [3.05, 3.63) is 48.0 Å². The molecule has 24 heavy (non-hydrogen) atoms. The third kappa shape index (κ3) is 3.64. The molecule has 2 aromatic rings. The van der Waals surface area contributed by atoms with E-state index in [1.165, 1.54) is 16.8 Å². The quantitative estimate of drug-likeness (QED) is 0.855. The third-order valence-electron chi connectivity index (χ3n) is 4.82. The highest BCUT2D eigenvalue weighted by atomic mass is 19.1. The van der Waals surface area contributed by atoms with Crippen LogP contribution >= 0.6 is 0 Å². The minimum absolute atomic E-state index is 0.00946. The minimum atomic E-state index is -0.346. The van der Waals surface area contributed by atoms with Gasteiger partial charge in [-0.15, -0.1) is 0 Å². The average molecular weight is 331 g/mol. The number of benzene rings is 1. The molecule has 1 saturated carbocycles. The molecule has 1 fully saturated rings. The molecule has 0 atom stereocenters. The first kappa shape index (κ1) is 16.6. The third-order valence-corrected chi connectivity index (χ3v) is 4.82. The fourth-order valence-electron chi connectivity index (χ4n) is 3.44. The fraction of sp³-hybridized carbons (Fsp3) is 0.444. The van der Waals surface area contributed by atoms with Gasteiger partial charge in [-0.2, -0.15) is 5.10 Å². The summed E-state index contributed by atoms with van der Waals surface area (Å²) in [4.78, 5) is 12.3. The summed E-state index contributed by atoms with van der Waals surface area (Å²) in [5.41, 5.74) is 0.883. The number of carbonyl (C=O) groups excluding carboxylic acids is 1. The van der Waals surface area contributed by atoms with Crippen molar-refractivity contribution in [2.45, 2.75) is 32.1 Å². The van der Waals surface area contributed by atoms with Crippen molar-refractivity contribution < 1.29 is 14.3 Å². The van der Waals surface area contributed by atoms with Gasteiger partial charge in [0.25, 0.3) is 5.91 Å². The van der Waals surface area contributed by atoms with Crippen LogP contribution in [0, 0.1) is 11.2 Å². The van der Waals surface area contributed by atoms with Gasteiger partial charge in [-0.25, -0.2) is 9.07 Å². The number of hydrogen-bond acceptors (Lipinski definition) is 3. The molecule has 2 N–H and O–H groups in total. The second-order valence-corrected chi connectivity index (χ2v) is 6.49. The van der Waals surface area contributed by atoms with Crippen molar-refractivity contribution in [1.29, 1.82) is 0 Å².